The van der Waals surface area contributed by atoms with Gasteiger partial charge in [-0.25, -0.2) is 17.1 Å². The highest BCUT2D eigenvalue weighted by Crippen LogP contribution is 2.24. The summed E-state index contributed by atoms with van der Waals surface area (Å²) in [6, 6.07) is 9.69. The molecule has 0 aliphatic carbocycles. The van der Waals surface area contributed by atoms with Gasteiger partial charge in [0.2, 0.25) is 15.9 Å². The molecule has 0 unspecified atom stereocenters. The van der Waals surface area contributed by atoms with E-state index in [1.165, 1.54) is 14.1 Å². The molecular weight excluding hydrogens is 385 g/mol. The molecule has 1 aliphatic rings. The van der Waals surface area contributed by atoms with Crippen LogP contribution in [0, 0.1) is 5.82 Å². The van der Waals surface area contributed by atoms with Crippen molar-refractivity contribution in [1.29, 1.82) is 0 Å². The van der Waals surface area contributed by atoms with E-state index in [1.807, 2.05) is 0 Å². The van der Waals surface area contributed by atoms with Gasteiger partial charge in [-0.1, -0.05) is 0 Å². The van der Waals surface area contributed by atoms with E-state index in [9.17, 15) is 22.4 Å². The van der Waals surface area contributed by atoms with Crippen LogP contribution in [-0.2, 0) is 14.8 Å². The summed E-state index contributed by atoms with van der Waals surface area (Å²) in [4.78, 5) is 25.7. The fourth-order valence-corrected chi connectivity index (χ4v) is 3.82. The summed E-state index contributed by atoms with van der Waals surface area (Å²) in [6.45, 7) is 0.656. The van der Waals surface area contributed by atoms with E-state index in [0.717, 1.165) is 34.6 Å². The topological polar surface area (TPSA) is 86.8 Å². The molecule has 3 rings (SSSR count). The maximum atomic E-state index is 14.1. The predicted molar refractivity (Wildman–Crippen MR) is 103 cm³/mol. The molecule has 2 aromatic carbocycles. The maximum absolute atomic E-state index is 14.1. The molecular formula is C19H20FN3O4S. The monoisotopic (exact) mass is 405 g/mol. The Balaban J connectivity index is 1.80. The summed E-state index contributed by atoms with van der Waals surface area (Å²) in [6.07, 6.45) is 1.33. The number of carbonyl (C=O) groups is 2. The molecule has 1 fully saturated rings. The second-order valence-electron chi connectivity index (χ2n) is 6.58. The summed E-state index contributed by atoms with van der Waals surface area (Å²) < 4.78 is 39.5. The molecule has 1 aliphatic heterocycles. The van der Waals surface area contributed by atoms with Gasteiger partial charge in [-0.3, -0.25) is 9.59 Å². The number of hydrogen-bond acceptors (Lipinski definition) is 4. The first-order chi connectivity index (χ1) is 13.2. The van der Waals surface area contributed by atoms with Gasteiger partial charge >= 0.3 is 0 Å². The highest BCUT2D eigenvalue weighted by Gasteiger charge is 2.23. The number of halogens is 1. The fraction of sp³-hybridized carbons (Fsp3) is 0.263. The summed E-state index contributed by atoms with van der Waals surface area (Å²) >= 11 is 0. The molecule has 0 radical (unpaired) electrons. The number of hydrogen-bond donors (Lipinski definition) is 1. The van der Waals surface area contributed by atoms with E-state index in [-0.39, 0.29) is 16.4 Å². The zero-order valence-electron chi connectivity index (χ0n) is 15.5. The number of rotatable bonds is 5. The first kappa shape index (κ1) is 20.0. The van der Waals surface area contributed by atoms with Gasteiger partial charge in [-0.15, -0.1) is 0 Å². The molecule has 9 heteroatoms. The van der Waals surface area contributed by atoms with E-state index in [4.69, 9.17) is 0 Å². The van der Waals surface area contributed by atoms with Crippen LogP contribution < -0.4 is 10.2 Å². The van der Waals surface area contributed by atoms with Crippen LogP contribution in [0.25, 0.3) is 0 Å². The largest absolute Gasteiger partial charge is 0.322 e. The van der Waals surface area contributed by atoms with Crippen LogP contribution in [0.1, 0.15) is 23.2 Å². The number of nitrogens with zero attached hydrogens (tertiary/aromatic N) is 2. The number of carbonyl (C=O) groups excluding carboxylic acids is 2. The van der Waals surface area contributed by atoms with Crippen LogP contribution in [0.15, 0.2) is 47.4 Å². The van der Waals surface area contributed by atoms with Crippen molar-refractivity contribution in [3.8, 4) is 0 Å². The maximum Gasteiger partial charge on any atom is 0.258 e. The standard InChI is InChI=1S/C19H20FN3O4S/c1-22(2)28(26,27)15-9-10-17(20)16(12-15)19(25)21-13-5-7-14(8-6-13)23-11-3-4-18(23)24/h5-10,12H,3-4,11H2,1-2H3,(H,21,25). The Morgan fingerprint density at radius 3 is 2.39 bits per heavy atom. The van der Waals surface area contributed by atoms with E-state index in [2.05, 4.69) is 5.32 Å². The van der Waals surface area contributed by atoms with Crippen molar-refractivity contribution >= 4 is 33.2 Å². The fourth-order valence-electron chi connectivity index (χ4n) is 2.89. The molecule has 2 aromatic rings. The van der Waals surface area contributed by atoms with E-state index >= 15 is 0 Å². The molecule has 0 aromatic heterocycles. The van der Waals surface area contributed by atoms with Crippen LogP contribution in [0.4, 0.5) is 15.8 Å². The van der Waals surface area contributed by atoms with Gasteiger partial charge in [0.05, 0.1) is 10.5 Å². The molecule has 28 heavy (non-hydrogen) atoms. The molecule has 148 valence electrons. The highest BCUT2D eigenvalue weighted by atomic mass is 32.2. The second-order valence-corrected chi connectivity index (χ2v) is 8.73. The van der Waals surface area contributed by atoms with Gasteiger partial charge in [0, 0.05) is 38.4 Å². The number of sulfonamides is 1. The lowest BCUT2D eigenvalue weighted by atomic mass is 10.2. The van der Waals surface area contributed by atoms with Crippen molar-refractivity contribution in [2.24, 2.45) is 0 Å². The normalized spacial score (nSPS) is 14.6. The third-order valence-corrected chi connectivity index (χ3v) is 6.28. The van der Waals surface area contributed by atoms with Gasteiger partial charge in [-0.05, 0) is 48.9 Å². The average Bonchev–Trinajstić information content (AvgIpc) is 3.08. The Bertz CT molecular complexity index is 1020. The van der Waals surface area contributed by atoms with Crippen molar-refractivity contribution < 1.29 is 22.4 Å². The zero-order chi connectivity index (χ0) is 20.5. The molecule has 0 saturated carbocycles. The van der Waals surface area contributed by atoms with Gasteiger partial charge in [0.1, 0.15) is 5.82 Å². The molecule has 2 amide bonds. The highest BCUT2D eigenvalue weighted by molar-refractivity contribution is 7.89. The van der Waals surface area contributed by atoms with Crippen LogP contribution in [-0.4, -0.2) is 45.2 Å². The Hall–Kier alpha value is -2.78. The third-order valence-electron chi connectivity index (χ3n) is 4.47. The third kappa shape index (κ3) is 3.90. The zero-order valence-corrected chi connectivity index (χ0v) is 16.3. The molecule has 7 nitrogen and oxygen atoms in total. The summed E-state index contributed by atoms with van der Waals surface area (Å²) in [5, 5.41) is 2.55. The minimum absolute atomic E-state index is 0.0535. The molecule has 1 heterocycles. The van der Waals surface area contributed by atoms with Crippen LogP contribution in [0.5, 0.6) is 0 Å². The van der Waals surface area contributed by atoms with Crippen LogP contribution in [0.3, 0.4) is 0 Å². The SMILES string of the molecule is CN(C)S(=O)(=O)c1ccc(F)c(C(=O)Nc2ccc(N3CCCC3=O)cc2)c1. The smallest absolute Gasteiger partial charge is 0.258 e. The van der Waals surface area contributed by atoms with Gasteiger partial charge in [0.15, 0.2) is 0 Å². The van der Waals surface area contributed by atoms with E-state index < -0.39 is 21.7 Å². The summed E-state index contributed by atoms with van der Waals surface area (Å²) in [5.74, 6) is -1.54. The Morgan fingerprint density at radius 2 is 1.82 bits per heavy atom. The van der Waals surface area contributed by atoms with Crippen molar-refractivity contribution in [3.63, 3.8) is 0 Å². The number of anilines is 2. The first-order valence-electron chi connectivity index (χ1n) is 8.64. The van der Waals surface area contributed by atoms with Crippen LogP contribution in [0.2, 0.25) is 0 Å². The number of nitrogens with one attached hydrogen (secondary N) is 1. The molecule has 1 N–H and O–H groups in total. The Labute approximate surface area is 162 Å². The summed E-state index contributed by atoms with van der Waals surface area (Å²) in [7, 11) is -1.09. The lowest BCUT2D eigenvalue weighted by molar-refractivity contribution is -0.117. The van der Waals surface area contributed by atoms with Crippen LogP contribution >= 0.6 is 0 Å². The summed E-state index contributed by atoms with van der Waals surface area (Å²) in [5.41, 5.74) is 0.758. The molecule has 0 spiro atoms. The minimum Gasteiger partial charge on any atom is -0.322 e. The van der Waals surface area contributed by atoms with Gasteiger partial charge < -0.3 is 10.2 Å². The molecule has 0 bridgehead atoms. The second kappa shape index (κ2) is 7.69. The Morgan fingerprint density at radius 1 is 1.14 bits per heavy atom. The lowest BCUT2D eigenvalue weighted by Crippen LogP contribution is -2.23. The average molecular weight is 405 g/mol. The van der Waals surface area contributed by atoms with Crippen molar-refractivity contribution in [1.82, 2.24) is 4.31 Å². The van der Waals surface area contributed by atoms with Crippen molar-refractivity contribution in [3.05, 3.63) is 53.8 Å². The Kier molecular flexibility index (Phi) is 5.48. The van der Waals surface area contributed by atoms with Gasteiger partial charge in [-0.2, -0.15) is 0 Å². The predicted octanol–water partition coefficient (Wildman–Crippen LogP) is 2.46. The van der Waals surface area contributed by atoms with E-state index in [1.54, 1.807) is 29.2 Å². The lowest BCUT2D eigenvalue weighted by Gasteiger charge is -2.16. The van der Waals surface area contributed by atoms with Gasteiger partial charge in [0.25, 0.3) is 5.91 Å². The molecule has 0 atom stereocenters. The minimum atomic E-state index is -3.79. The molecule has 1 saturated heterocycles. The first-order valence-corrected chi connectivity index (χ1v) is 10.1. The van der Waals surface area contributed by atoms with E-state index in [0.29, 0.717) is 18.7 Å². The van der Waals surface area contributed by atoms with Crippen molar-refractivity contribution in [2.45, 2.75) is 17.7 Å². The number of amides is 2. The number of benzene rings is 2. The quantitative estimate of drug-likeness (QED) is 0.828. The van der Waals surface area contributed by atoms with Crippen molar-refractivity contribution in [2.75, 3.05) is 30.9 Å².